The monoisotopic (exact) mass is 304 g/mol. The van der Waals surface area contributed by atoms with Crippen LogP contribution in [0.4, 0.5) is 0 Å². The molecule has 6 nitrogen and oxygen atoms in total. The van der Waals surface area contributed by atoms with Gasteiger partial charge in [-0.05, 0) is 18.6 Å². The minimum absolute atomic E-state index is 0.487. The summed E-state index contributed by atoms with van der Waals surface area (Å²) in [5, 5.41) is 0.839. The minimum atomic E-state index is -0.575. The molecule has 1 aromatic heterocycles. The van der Waals surface area contributed by atoms with Gasteiger partial charge in [0.15, 0.2) is 11.3 Å². The first-order valence-corrected chi connectivity index (χ1v) is 7.63. The molecule has 2 heterocycles. The highest BCUT2D eigenvalue weighted by Gasteiger charge is 2.13. The van der Waals surface area contributed by atoms with Crippen LogP contribution in [0.1, 0.15) is 12.6 Å². The van der Waals surface area contributed by atoms with E-state index in [1.165, 1.54) is 0 Å². The lowest BCUT2D eigenvalue weighted by molar-refractivity contribution is 0.0323. The Labute approximate surface area is 128 Å². The van der Waals surface area contributed by atoms with Crippen molar-refractivity contribution >= 4 is 11.0 Å². The number of benzene rings is 1. The first-order valence-electron chi connectivity index (χ1n) is 7.63. The minimum Gasteiger partial charge on any atom is -0.488 e. The Morgan fingerprint density at radius 3 is 2.91 bits per heavy atom. The number of ether oxygens (including phenoxy) is 2. The van der Waals surface area contributed by atoms with Gasteiger partial charge in [0.05, 0.1) is 18.9 Å². The van der Waals surface area contributed by atoms with E-state index in [1.807, 2.05) is 25.1 Å². The Morgan fingerprint density at radius 2 is 2.14 bits per heavy atom. The molecule has 1 aromatic carbocycles. The number of morpholine rings is 1. The van der Waals surface area contributed by atoms with Crippen molar-refractivity contribution in [3.63, 3.8) is 0 Å². The lowest BCUT2D eigenvalue weighted by atomic mass is 10.1. The molecule has 0 saturated carbocycles. The van der Waals surface area contributed by atoms with Crippen molar-refractivity contribution in [3.05, 3.63) is 34.4 Å². The predicted molar refractivity (Wildman–Crippen MR) is 82.4 cm³/mol. The van der Waals surface area contributed by atoms with E-state index in [1.54, 1.807) is 0 Å². The molecule has 0 spiro atoms. The molecule has 1 fully saturated rings. The highest BCUT2D eigenvalue weighted by Crippen LogP contribution is 2.26. The quantitative estimate of drug-likeness (QED) is 0.833. The summed E-state index contributed by atoms with van der Waals surface area (Å²) in [6.45, 7) is 6.74. The third kappa shape index (κ3) is 3.28. The first-order chi connectivity index (χ1) is 10.8. The summed E-state index contributed by atoms with van der Waals surface area (Å²) < 4.78 is 16.4. The molecule has 1 saturated heterocycles. The molecular formula is C16H20N2O4. The van der Waals surface area contributed by atoms with Gasteiger partial charge in [0.25, 0.3) is 0 Å². The maximum absolute atomic E-state index is 11.6. The Hall–Kier alpha value is -1.92. The van der Waals surface area contributed by atoms with Crippen LogP contribution in [-0.4, -0.2) is 49.3 Å². The fourth-order valence-corrected chi connectivity index (χ4v) is 2.62. The van der Waals surface area contributed by atoms with Crippen LogP contribution < -0.4 is 10.5 Å². The summed E-state index contributed by atoms with van der Waals surface area (Å²) in [6, 6.07) is 5.62. The zero-order valence-corrected chi connectivity index (χ0v) is 12.7. The van der Waals surface area contributed by atoms with Gasteiger partial charge in [-0.3, -0.25) is 4.90 Å². The summed E-state index contributed by atoms with van der Waals surface area (Å²) in [4.78, 5) is 17.8. The summed E-state index contributed by atoms with van der Waals surface area (Å²) in [5.41, 5.74) is 1.23. The average molecular weight is 304 g/mol. The first kappa shape index (κ1) is 15.0. The number of hydrogen-bond acceptors (Lipinski definition) is 6. The van der Waals surface area contributed by atoms with Crippen LogP contribution in [0.5, 0.6) is 5.75 Å². The Bertz CT molecular complexity index is 692. The Kier molecular flexibility index (Phi) is 4.70. The zero-order valence-electron chi connectivity index (χ0n) is 12.7. The number of fused-ring (bicyclic) bond motifs is 1. The van der Waals surface area contributed by atoms with Crippen molar-refractivity contribution in [2.45, 2.75) is 13.3 Å². The molecule has 3 rings (SSSR count). The van der Waals surface area contributed by atoms with E-state index in [-0.39, 0.29) is 0 Å². The van der Waals surface area contributed by atoms with Crippen LogP contribution in [0.3, 0.4) is 0 Å². The highest BCUT2D eigenvalue weighted by molar-refractivity contribution is 5.84. The molecule has 1 aliphatic heterocycles. The van der Waals surface area contributed by atoms with Crippen LogP contribution in [0, 0.1) is 0 Å². The maximum atomic E-state index is 11.6. The van der Waals surface area contributed by atoms with Crippen LogP contribution in [-0.2, 0) is 11.2 Å². The fourth-order valence-electron chi connectivity index (χ4n) is 2.62. The average Bonchev–Trinajstić information content (AvgIpc) is 2.55. The molecule has 0 aliphatic carbocycles. The number of hydrogen-bond donors (Lipinski definition) is 0. The van der Waals surface area contributed by atoms with Gasteiger partial charge in [-0.25, -0.2) is 4.79 Å². The van der Waals surface area contributed by atoms with Crippen LogP contribution in [0.2, 0.25) is 0 Å². The Balaban J connectivity index is 1.75. The van der Waals surface area contributed by atoms with E-state index in [4.69, 9.17) is 13.9 Å². The molecule has 22 heavy (non-hydrogen) atoms. The molecule has 0 radical (unpaired) electrons. The van der Waals surface area contributed by atoms with Crippen molar-refractivity contribution < 1.29 is 13.9 Å². The van der Waals surface area contributed by atoms with E-state index in [2.05, 4.69) is 9.88 Å². The van der Waals surface area contributed by atoms with Crippen molar-refractivity contribution in [3.8, 4) is 5.75 Å². The molecule has 1 aliphatic rings. The second kappa shape index (κ2) is 6.89. The molecule has 6 heteroatoms. The molecule has 0 N–H and O–H groups in total. The summed E-state index contributed by atoms with van der Waals surface area (Å²) in [6.07, 6.45) is 0.680. The van der Waals surface area contributed by atoms with E-state index < -0.39 is 5.76 Å². The predicted octanol–water partition coefficient (Wildman–Crippen LogP) is 1.46. The van der Waals surface area contributed by atoms with Crippen molar-refractivity contribution in [1.29, 1.82) is 0 Å². The van der Waals surface area contributed by atoms with Crippen molar-refractivity contribution in [1.82, 2.24) is 9.88 Å². The van der Waals surface area contributed by atoms with E-state index >= 15 is 0 Å². The van der Waals surface area contributed by atoms with E-state index in [0.29, 0.717) is 24.4 Å². The lowest BCUT2D eigenvalue weighted by Crippen LogP contribution is -2.38. The number of aryl methyl sites for hydroxylation is 1. The zero-order chi connectivity index (χ0) is 15.4. The molecule has 0 atom stereocenters. The topological polar surface area (TPSA) is 64.8 Å². The van der Waals surface area contributed by atoms with Crippen LogP contribution in [0.25, 0.3) is 11.0 Å². The third-order valence-corrected chi connectivity index (χ3v) is 3.81. The van der Waals surface area contributed by atoms with Gasteiger partial charge in [-0.1, -0.05) is 13.0 Å². The summed E-state index contributed by atoms with van der Waals surface area (Å²) >= 11 is 0. The van der Waals surface area contributed by atoms with Gasteiger partial charge in [0.1, 0.15) is 6.61 Å². The maximum Gasteiger partial charge on any atom is 0.439 e. The largest absolute Gasteiger partial charge is 0.488 e. The summed E-state index contributed by atoms with van der Waals surface area (Å²) in [7, 11) is 0. The van der Waals surface area contributed by atoms with Gasteiger partial charge >= 0.3 is 5.76 Å². The molecule has 2 aromatic rings. The molecule has 0 amide bonds. The van der Waals surface area contributed by atoms with Gasteiger partial charge < -0.3 is 13.9 Å². The molecule has 0 bridgehead atoms. The highest BCUT2D eigenvalue weighted by atomic mass is 16.5. The lowest BCUT2D eigenvalue weighted by Gasteiger charge is -2.26. The second-order valence-electron chi connectivity index (χ2n) is 5.22. The number of para-hydroxylation sites is 1. The molecule has 0 unspecified atom stereocenters. The second-order valence-corrected chi connectivity index (χ2v) is 5.22. The van der Waals surface area contributed by atoms with E-state index in [9.17, 15) is 4.79 Å². The smallest absolute Gasteiger partial charge is 0.439 e. The third-order valence-electron chi connectivity index (χ3n) is 3.81. The van der Waals surface area contributed by atoms with Crippen LogP contribution in [0.15, 0.2) is 27.4 Å². The van der Waals surface area contributed by atoms with Gasteiger partial charge in [0.2, 0.25) is 0 Å². The molecule has 118 valence electrons. The van der Waals surface area contributed by atoms with Gasteiger partial charge in [0, 0.05) is 25.0 Å². The normalized spacial score (nSPS) is 16.0. The molecular weight excluding hydrogens is 284 g/mol. The standard InChI is InChI=1S/C16H20N2O4/c1-2-13-12-4-3-5-14(15(12)22-16(19)17-13)21-11-8-18-6-9-20-10-7-18/h3-5H,2,6-11H2,1H3. The van der Waals surface area contributed by atoms with Gasteiger partial charge in [-0.15, -0.1) is 0 Å². The van der Waals surface area contributed by atoms with Crippen LogP contribution >= 0.6 is 0 Å². The van der Waals surface area contributed by atoms with E-state index in [0.717, 1.165) is 43.9 Å². The number of nitrogens with zero attached hydrogens (tertiary/aromatic N) is 2. The SMILES string of the molecule is CCc1nc(=O)oc2c(OCCN3CCOCC3)cccc12. The number of rotatable bonds is 5. The summed E-state index contributed by atoms with van der Waals surface area (Å²) in [5.74, 6) is 0.0218. The fraction of sp³-hybridized carbons (Fsp3) is 0.500. The number of aromatic nitrogens is 1. The van der Waals surface area contributed by atoms with Crippen molar-refractivity contribution in [2.75, 3.05) is 39.5 Å². The van der Waals surface area contributed by atoms with Gasteiger partial charge in [-0.2, -0.15) is 4.98 Å². The Morgan fingerprint density at radius 1 is 1.32 bits per heavy atom. The van der Waals surface area contributed by atoms with Crippen molar-refractivity contribution in [2.24, 2.45) is 0 Å².